The van der Waals surface area contributed by atoms with Crippen LogP contribution in [0.2, 0.25) is 5.02 Å². The van der Waals surface area contributed by atoms with Gasteiger partial charge in [-0.05, 0) is 25.1 Å². The van der Waals surface area contributed by atoms with Crippen LogP contribution in [-0.2, 0) is 13.0 Å². The van der Waals surface area contributed by atoms with Crippen LogP contribution in [0.1, 0.15) is 30.3 Å². The van der Waals surface area contributed by atoms with E-state index in [-0.39, 0.29) is 5.82 Å². The number of nitrogens with one attached hydrogen (secondary N) is 1. The van der Waals surface area contributed by atoms with Crippen LogP contribution in [0.5, 0.6) is 0 Å². The molecule has 5 heteroatoms. The van der Waals surface area contributed by atoms with E-state index in [1.807, 2.05) is 0 Å². The molecule has 3 nitrogen and oxygen atoms in total. The van der Waals surface area contributed by atoms with Crippen molar-refractivity contribution in [2.45, 2.75) is 26.3 Å². The highest BCUT2D eigenvalue weighted by molar-refractivity contribution is 6.31. The number of halogens is 2. The molecular weight excluding hydrogens is 277 g/mol. The van der Waals surface area contributed by atoms with Gasteiger partial charge in [-0.3, -0.25) is 0 Å². The van der Waals surface area contributed by atoms with Crippen molar-refractivity contribution in [3.63, 3.8) is 0 Å². The maximum atomic E-state index is 13.7. The first-order valence-electron chi connectivity index (χ1n) is 6.64. The molecule has 0 aliphatic heterocycles. The maximum Gasteiger partial charge on any atom is 0.132 e. The van der Waals surface area contributed by atoms with E-state index in [0.29, 0.717) is 22.8 Å². The van der Waals surface area contributed by atoms with Gasteiger partial charge in [0.1, 0.15) is 11.6 Å². The molecule has 0 atom stereocenters. The van der Waals surface area contributed by atoms with Gasteiger partial charge in [-0.15, -0.1) is 0 Å². The van der Waals surface area contributed by atoms with Crippen LogP contribution < -0.4 is 5.32 Å². The first-order chi connectivity index (χ1) is 9.70. The molecule has 0 fully saturated rings. The Morgan fingerprint density at radius 2 is 2.00 bits per heavy atom. The summed E-state index contributed by atoms with van der Waals surface area (Å²) in [4.78, 5) is 8.52. The van der Waals surface area contributed by atoms with Crippen LogP contribution in [0.15, 0.2) is 30.6 Å². The van der Waals surface area contributed by atoms with Crippen LogP contribution in [0.3, 0.4) is 0 Å². The van der Waals surface area contributed by atoms with Crippen LogP contribution in [0, 0.1) is 5.82 Å². The molecule has 0 aliphatic rings. The molecule has 0 aliphatic carbocycles. The number of benzene rings is 1. The topological polar surface area (TPSA) is 37.8 Å². The second kappa shape index (κ2) is 7.31. The lowest BCUT2D eigenvalue weighted by Crippen LogP contribution is -2.14. The SMILES string of the molecule is CCCNCc1cnc(Cc2c(F)cccc2Cl)nc1. The predicted molar refractivity (Wildman–Crippen MR) is 78.2 cm³/mol. The summed E-state index contributed by atoms with van der Waals surface area (Å²) in [6, 6.07) is 4.65. The zero-order chi connectivity index (χ0) is 14.4. The highest BCUT2D eigenvalue weighted by Crippen LogP contribution is 2.20. The largest absolute Gasteiger partial charge is 0.313 e. The highest BCUT2D eigenvalue weighted by Gasteiger charge is 2.09. The Kier molecular flexibility index (Phi) is 5.44. The summed E-state index contributed by atoms with van der Waals surface area (Å²) in [6.07, 6.45) is 4.92. The molecule has 106 valence electrons. The molecule has 1 aromatic carbocycles. The van der Waals surface area contributed by atoms with Gasteiger partial charge in [0.2, 0.25) is 0 Å². The smallest absolute Gasteiger partial charge is 0.132 e. The lowest BCUT2D eigenvalue weighted by Gasteiger charge is -2.06. The molecule has 0 amide bonds. The van der Waals surface area contributed by atoms with Crippen molar-refractivity contribution < 1.29 is 4.39 Å². The fraction of sp³-hybridized carbons (Fsp3) is 0.333. The second-order valence-corrected chi connectivity index (χ2v) is 4.97. The van der Waals surface area contributed by atoms with Gasteiger partial charge in [-0.2, -0.15) is 0 Å². The van der Waals surface area contributed by atoms with Crippen molar-refractivity contribution in [3.05, 3.63) is 58.4 Å². The van der Waals surface area contributed by atoms with Crippen molar-refractivity contribution in [2.24, 2.45) is 0 Å². The van der Waals surface area contributed by atoms with Crippen molar-refractivity contribution in [3.8, 4) is 0 Å². The highest BCUT2D eigenvalue weighted by atomic mass is 35.5. The van der Waals surface area contributed by atoms with E-state index in [1.165, 1.54) is 6.07 Å². The summed E-state index contributed by atoms with van der Waals surface area (Å²) in [7, 11) is 0. The van der Waals surface area contributed by atoms with Crippen LogP contribution in [0.25, 0.3) is 0 Å². The van der Waals surface area contributed by atoms with Crippen molar-refractivity contribution in [1.82, 2.24) is 15.3 Å². The van der Waals surface area contributed by atoms with Crippen LogP contribution in [-0.4, -0.2) is 16.5 Å². The normalized spacial score (nSPS) is 10.8. The minimum atomic E-state index is -0.324. The maximum absolute atomic E-state index is 13.7. The lowest BCUT2D eigenvalue weighted by molar-refractivity contribution is 0.612. The van der Waals surface area contributed by atoms with E-state index in [1.54, 1.807) is 24.5 Å². The third-order valence-corrected chi connectivity index (χ3v) is 3.27. The van der Waals surface area contributed by atoms with Gasteiger partial charge >= 0.3 is 0 Å². The van der Waals surface area contributed by atoms with E-state index in [9.17, 15) is 4.39 Å². The zero-order valence-corrected chi connectivity index (χ0v) is 12.1. The summed E-state index contributed by atoms with van der Waals surface area (Å²) in [5.41, 5.74) is 1.45. The molecule has 0 unspecified atom stereocenters. The summed E-state index contributed by atoms with van der Waals surface area (Å²) < 4.78 is 13.7. The van der Waals surface area contributed by atoms with E-state index in [2.05, 4.69) is 22.2 Å². The van der Waals surface area contributed by atoms with Crippen molar-refractivity contribution >= 4 is 11.6 Å². The zero-order valence-electron chi connectivity index (χ0n) is 11.4. The summed E-state index contributed by atoms with van der Waals surface area (Å²) in [6.45, 7) is 3.83. The predicted octanol–water partition coefficient (Wildman–Crippen LogP) is 3.36. The van der Waals surface area contributed by atoms with E-state index >= 15 is 0 Å². The van der Waals surface area contributed by atoms with Gasteiger partial charge in [-0.1, -0.05) is 24.6 Å². The Morgan fingerprint density at radius 3 is 2.65 bits per heavy atom. The standard InChI is InChI=1S/C15H17ClFN3/c1-2-6-18-8-11-9-19-15(20-10-11)7-12-13(16)4-3-5-14(12)17/h3-5,9-10,18H,2,6-8H2,1H3. The average molecular weight is 294 g/mol. The van der Waals surface area contributed by atoms with E-state index in [4.69, 9.17) is 11.6 Å². The van der Waals surface area contributed by atoms with Gasteiger partial charge in [0, 0.05) is 41.5 Å². The van der Waals surface area contributed by atoms with Gasteiger partial charge < -0.3 is 5.32 Å². The number of nitrogens with zero attached hydrogens (tertiary/aromatic N) is 2. The quantitative estimate of drug-likeness (QED) is 0.830. The summed E-state index contributed by atoms with van der Waals surface area (Å²) in [5, 5.41) is 3.68. The Morgan fingerprint density at radius 1 is 1.25 bits per heavy atom. The van der Waals surface area contributed by atoms with Crippen LogP contribution in [0.4, 0.5) is 4.39 Å². The van der Waals surface area contributed by atoms with Gasteiger partial charge in [0.15, 0.2) is 0 Å². The van der Waals surface area contributed by atoms with Crippen molar-refractivity contribution in [2.75, 3.05) is 6.54 Å². The van der Waals surface area contributed by atoms with Gasteiger partial charge in [0.25, 0.3) is 0 Å². The van der Waals surface area contributed by atoms with Gasteiger partial charge in [0.05, 0.1) is 0 Å². The fourth-order valence-corrected chi connectivity index (χ4v) is 2.06. The average Bonchev–Trinajstić information content (AvgIpc) is 2.45. The molecule has 0 saturated heterocycles. The lowest BCUT2D eigenvalue weighted by atomic mass is 10.1. The molecule has 0 radical (unpaired) electrons. The first kappa shape index (κ1) is 14.9. The Hall–Kier alpha value is -1.52. The minimum Gasteiger partial charge on any atom is -0.313 e. The number of hydrogen-bond donors (Lipinski definition) is 1. The minimum absolute atomic E-state index is 0.300. The molecule has 2 aromatic rings. The Balaban J connectivity index is 2.03. The molecule has 20 heavy (non-hydrogen) atoms. The summed E-state index contributed by atoms with van der Waals surface area (Å²) in [5.74, 6) is 0.242. The van der Waals surface area contributed by atoms with E-state index < -0.39 is 0 Å². The monoisotopic (exact) mass is 293 g/mol. The molecule has 2 rings (SSSR count). The third-order valence-electron chi connectivity index (χ3n) is 2.91. The first-order valence-corrected chi connectivity index (χ1v) is 7.02. The van der Waals surface area contributed by atoms with Crippen molar-refractivity contribution in [1.29, 1.82) is 0 Å². The van der Waals surface area contributed by atoms with E-state index in [0.717, 1.165) is 25.1 Å². The Bertz CT molecular complexity index is 537. The second-order valence-electron chi connectivity index (χ2n) is 4.56. The summed E-state index contributed by atoms with van der Waals surface area (Å²) >= 11 is 5.99. The molecule has 1 N–H and O–H groups in total. The van der Waals surface area contributed by atoms with Crippen LogP contribution >= 0.6 is 11.6 Å². The molecule has 1 aromatic heterocycles. The third kappa shape index (κ3) is 3.99. The fourth-order valence-electron chi connectivity index (χ4n) is 1.83. The molecule has 0 spiro atoms. The Labute approximate surface area is 123 Å². The van der Waals surface area contributed by atoms with Gasteiger partial charge in [-0.25, -0.2) is 14.4 Å². The number of hydrogen-bond acceptors (Lipinski definition) is 3. The number of rotatable bonds is 6. The molecular formula is C15H17ClFN3. The number of aromatic nitrogens is 2. The molecule has 0 saturated carbocycles. The molecule has 1 heterocycles. The molecule has 0 bridgehead atoms.